The second-order valence-corrected chi connectivity index (χ2v) is 6.15. The number of nitrogens with one attached hydrogen (secondary N) is 1. The van der Waals surface area contributed by atoms with E-state index in [1.54, 1.807) is 36.3 Å². The maximum Gasteiger partial charge on any atom is 0.249 e. The quantitative estimate of drug-likeness (QED) is 0.889. The number of hydrogen-bond donors (Lipinski definition) is 2. The fraction of sp³-hybridized carbons (Fsp3) is 0.412. The number of halogens is 1. The Balaban J connectivity index is 1.85. The Hall–Kier alpha value is -2.41. The molecule has 1 saturated heterocycles. The summed E-state index contributed by atoms with van der Waals surface area (Å²) in [5.74, 6) is -0.615. The van der Waals surface area contributed by atoms with Gasteiger partial charge in [-0.05, 0) is 31.5 Å². The van der Waals surface area contributed by atoms with Gasteiger partial charge in [0.05, 0.1) is 0 Å². The number of rotatable bonds is 4. The number of benzene rings is 1. The summed E-state index contributed by atoms with van der Waals surface area (Å²) >= 11 is 0. The van der Waals surface area contributed by atoms with Gasteiger partial charge in [-0.3, -0.25) is 14.4 Å². The Labute approximate surface area is 139 Å². The third-order valence-corrected chi connectivity index (χ3v) is 4.58. The Bertz CT molecular complexity index is 719. The Morgan fingerprint density at radius 2 is 2.33 bits per heavy atom. The van der Waals surface area contributed by atoms with Crippen LogP contribution in [0, 0.1) is 5.82 Å². The van der Waals surface area contributed by atoms with Crippen LogP contribution in [0.4, 0.5) is 4.39 Å². The summed E-state index contributed by atoms with van der Waals surface area (Å²) in [7, 11) is 1.62. The van der Waals surface area contributed by atoms with Crippen molar-refractivity contribution in [3.8, 4) is 5.75 Å². The van der Waals surface area contributed by atoms with E-state index in [-0.39, 0.29) is 11.7 Å². The van der Waals surface area contributed by atoms with Gasteiger partial charge in [-0.1, -0.05) is 6.07 Å². The molecule has 7 heteroatoms. The highest BCUT2D eigenvalue weighted by Gasteiger charge is 2.44. The summed E-state index contributed by atoms with van der Waals surface area (Å²) < 4.78 is 14.9. The molecule has 0 aliphatic carbocycles. The first kappa shape index (κ1) is 16.4. The molecular weight excluding hydrogens is 311 g/mol. The lowest BCUT2D eigenvalue weighted by atomic mass is 9.87. The lowest BCUT2D eigenvalue weighted by molar-refractivity contribution is -0.133. The van der Waals surface area contributed by atoms with Gasteiger partial charge in [0, 0.05) is 44.2 Å². The maximum atomic E-state index is 13.1. The molecule has 1 aliphatic rings. The molecule has 2 N–H and O–H groups in total. The van der Waals surface area contributed by atoms with Gasteiger partial charge < -0.3 is 10.4 Å². The second-order valence-electron chi connectivity index (χ2n) is 6.15. The van der Waals surface area contributed by atoms with E-state index in [0.717, 1.165) is 19.0 Å². The molecule has 3 rings (SSSR count). The average Bonchev–Trinajstić information content (AvgIpc) is 3.12. The molecule has 1 aromatic carbocycles. The number of aromatic hydroxyl groups is 1. The van der Waals surface area contributed by atoms with Gasteiger partial charge in [-0.15, -0.1) is 0 Å². The van der Waals surface area contributed by atoms with Gasteiger partial charge in [0.25, 0.3) is 0 Å². The van der Waals surface area contributed by atoms with Crippen LogP contribution >= 0.6 is 0 Å². The number of phenolic OH excluding ortho intramolecular Hbond substituents is 1. The molecule has 2 heterocycles. The molecule has 1 aromatic heterocycles. The van der Waals surface area contributed by atoms with E-state index in [2.05, 4.69) is 15.3 Å². The van der Waals surface area contributed by atoms with Crippen molar-refractivity contribution >= 4 is 5.91 Å². The minimum absolute atomic E-state index is 0.0646. The van der Waals surface area contributed by atoms with Crippen molar-refractivity contribution in [1.82, 2.24) is 20.0 Å². The molecule has 0 spiro atoms. The van der Waals surface area contributed by atoms with E-state index in [1.165, 1.54) is 6.07 Å². The first-order valence-corrected chi connectivity index (χ1v) is 7.97. The molecule has 24 heavy (non-hydrogen) atoms. The number of amides is 1. The molecule has 6 nitrogen and oxygen atoms in total. The predicted molar refractivity (Wildman–Crippen MR) is 86.8 cm³/mol. The topological polar surface area (TPSA) is 70.4 Å². The SMILES string of the molecule is CNC(=O)C1(n2cccn2)CCCN(Cc2ccc(F)cc2O)C1. The summed E-state index contributed by atoms with van der Waals surface area (Å²) in [6, 6.07) is 5.82. The van der Waals surface area contributed by atoms with Crippen molar-refractivity contribution < 1.29 is 14.3 Å². The number of carbonyl (C=O) groups excluding carboxylic acids is 1. The van der Waals surface area contributed by atoms with E-state index in [0.29, 0.717) is 25.1 Å². The zero-order valence-corrected chi connectivity index (χ0v) is 13.6. The third kappa shape index (κ3) is 2.99. The summed E-state index contributed by atoms with van der Waals surface area (Å²) in [6.07, 6.45) is 4.99. The number of hydrogen-bond acceptors (Lipinski definition) is 4. The third-order valence-electron chi connectivity index (χ3n) is 4.58. The minimum Gasteiger partial charge on any atom is -0.508 e. The van der Waals surface area contributed by atoms with Crippen LogP contribution in [0.1, 0.15) is 18.4 Å². The smallest absolute Gasteiger partial charge is 0.249 e. The molecule has 0 saturated carbocycles. The van der Waals surface area contributed by atoms with Crippen LogP contribution in [-0.2, 0) is 16.9 Å². The van der Waals surface area contributed by atoms with Gasteiger partial charge in [-0.2, -0.15) is 5.10 Å². The normalized spacial score (nSPS) is 21.6. The van der Waals surface area contributed by atoms with Crippen molar-refractivity contribution in [3.63, 3.8) is 0 Å². The lowest BCUT2D eigenvalue weighted by Gasteiger charge is -2.41. The number of nitrogens with zero attached hydrogens (tertiary/aromatic N) is 3. The molecule has 1 aliphatic heterocycles. The van der Waals surface area contributed by atoms with Crippen LogP contribution in [0.5, 0.6) is 5.75 Å². The molecule has 1 unspecified atom stereocenters. The zero-order chi connectivity index (χ0) is 17.2. The molecule has 1 fully saturated rings. The monoisotopic (exact) mass is 332 g/mol. The van der Waals surface area contributed by atoms with Crippen LogP contribution < -0.4 is 5.32 Å². The number of likely N-dealkylation sites (tertiary alicyclic amines) is 1. The van der Waals surface area contributed by atoms with Gasteiger partial charge in [-0.25, -0.2) is 4.39 Å². The van der Waals surface area contributed by atoms with E-state index in [9.17, 15) is 14.3 Å². The van der Waals surface area contributed by atoms with Gasteiger partial charge in [0.1, 0.15) is 11.6 Å². The number of aromatic nitrogens is 2. The highest BCUT2D eigenvalue weighted by Crippen LogP contribution is 2.30. The summed E-state index contributed by atoms with van der Waals surface area (Å²) in [5, 5.41) is 17.0. The lowest BCUT2D eigenvalue weighted by Crippen LogP contribution is -2.57. The molecule has 1 atom stereocenters. The molecule has 2 aromatic rings. The fourth-order valence-corrected chi connectivity index (χ4v) is 3.40. The minimum atomic E-state index is -0.772. The number of carbonyl (C=O) groups is 1. The van der Waals surface area contributed by atoms with E-state index in [1.807, 2.05) is 0 Å². The second kappa shape index (κ2) is 6.60. The van der Waals surface area contributed by atoms with Crippen molar-refractivity contribution in [2.45, 2.75) is 24.9 Å². The molecule has 128 valence electrons. The van der Waals surface area contributed by atoms with Crippen LogP contribution in [0.15, 0.2) is 36.7 Å². The van der Waals surface area contributed by atoms with E-state index < -0.39 is 11.4 Å². The summed E-state index contributed by atoms with van der Waals surface area (Å²) in [4.78, 5) is 14.7. The summed E-state index contributed by atoms with van der Waals surface area (Å²) in [6.45, 7) is 1.73. The van der Waals surface area contributed by atoms with Gasteiger partial charge >= 0.3 is 0 Å². The molecule has 1 amide bonds. The first-order chi connectivity index (χ1) is 11.5. The number of phenols is 1. The highest BCUT2D eigenvalue weighted by molar-refractivity contribution is 5.84. The zero-order valence-electron chi connectivity index (χ0n) is 13.6. The van der Waals surface area contributed by atoms with Crippen molar-refractivity contribution in [1.29, 1.82) is 0 Å². The Morgan fingerprint density at radius 1 is 1.50 bits per heavy atom. The highest BCUT2D eigenvalue weighted by atomic mass is 19.1. The number of likely N-dealkylation sites (N-methyl/N-ethyl adjacent to an activating group) is 1. The molecular formula is C17H21FN4O2. The van der Waals surface area contributed by atoms with E-state index in [4.69, 9.17) is 0 Å². The van der Waals surface area contributed by atoms with Crippen LogP contribution in [-0.4, -0.2) is 45.8 Å². The van der Waals surface area contributed by atoms with Crippen molar-refractivity contribution in [2.24, 2.45) is 0 Å². The molecule has 0 bridgehead atoms. The Morgan fingerprint density at radius 3 is 3.00 bits per heavy atom. The predicted octanol–water partition coefficient (Wildman–Crippen LogP) is 1.47. The van der Waals surface area contributed by atoms with E-state index >= 15 is 0 Å². The van der Waals surface area contributed by atoms with Crippen LogP contribution in [0.2, 0.25) is 0 Å². The van der Waals surface area contributed by atoms with Gasteiger partial charge in [0.2, 0.25) is 5.91 Å². The standard InChI is InChI=1S/C17H21FN4O2/c1-19-16(24)17(22-9-3-7-20-22)6-2-8-21(12-17)11-13-4-5-14(18)10-15(13)23/h3-5,7,9-10,23H,2,6,8,11-12H2,1H3,(H,19,24). The Kier molecular flexibility index (Phi) is 4.53. The van der Waals surface area contributed by atoms with Crippen LogP contribution in [0.3, 0.4) is 0 Å². The summed E-state index contributed by atoms with van der Waals surface area (Å²) in [5.41, 5.74) is -0.129. The fourth-order valence-electron chi connectivity index (χ4n) is 3.40. The molecule has 0 radical (unpaired) electrons. The van der Waals surface area contributed by atoms with Crippen LogP contribution in [0.25, 0.3) is 0 Å². The van der Waals surface area contributed by atoms with Crippen molar-refractivity contribution in [3.05, 3.63) is 48.0 Å². The van der Waals surface area contributed by atoms with Gasteiger partial charge in [0.15, 0.2) is 5.54 Å². The average molecular weight is 332 g/mol. The largest absolute Gasteiger partial charge is 0.508 e. The first-order valence-electron chi connectivity index (χ1n) is 7.97. The maximum absolute atomic E-state index is 13.1. The van der Waals surface area contributed by atoms with Crippen molar-refractivity contribution in [2.75, 3.05) is 20.1 Å². The number of piperidine rings is 1.